The van der Waals surface area contributed by atoms with Gasteiger partial charge in [0.1, 0.15) is 0 Å². The van der Waals surface area contributed by atoms with E-state index in [9.17, 15) is 8.42 Å². The van der Waals surface area contributed by atoms with Gasteiger partial charge in [-0.2, -0.15) is 4.31 Å². The van der Waals surface area contributed by atoms with Crippen LogP contribution in [0.15, 0.2) is 0 Å². The molecule has 0 aliphatic carbocycles. The lowest BCUT2D eigenvalue weighted by atomic mass is 10.2. The van der Waals surface area contributed by atoms with E-state index in [2.05, 4.69) is 0 Å². The third-order valence-electron chi connectivity index (χ3n) is 2.29. The van der Waals surface area contributed by atoms with Gasteiger partial charge in [0.15, 0.2) is 0 Å². The first-order valence-electron chi connectivity index (χ1n) is 5.06. The highest BCUT2D eigenvalue weighted by Crippen LogP contribution is 2.09. The van der Waals surface area contributed by atoms with Crippen LogP contribution in [0, 0.1) is 5.92 Å². The van der Waals surface area contributed by atoms with Gasteiger partial charge in [-0.05, 0) is 5.92 Å². The Bertz CT molecular complexity index is 238. The Labute approximate surface area is 87.0 Å². The number of nitrogens with zero attached hydrogens (tertiary/aromatic N) is 1. The highest BCUT2D eigenvalue weighted by Gasteiger charge is 2.21. The summed E-state index contributed by atoms with van der Waals surface area (Å²) in [5, 5.41) is 8.72. The second-order valence-electron chi connectivity index (χ2n) is 3.51. The summed E-state index contributed by atoms with van der Waals surface area (Å²) in [5.41, 5.74) is 0. The predicted octanol–water partition coefficient (Wildman–Crippen LogP) is 0.676. The fraction of sp³-hybridized carbons (Fsp3) is 1.00. The van der Waals surface area contributed by atoms with E-state index in [0.717, 1.165) is 6.42 Å². The van der Waals surface area contributed by atoms with Crippen molar-refractivity contribution in [2.75, 3.05) is 25.4 Å². The normalized spacial score (nSPS) is 14.6. The van der Waals surface area contributed by atoms with Crippen LogP contribution in [0.25, 0.3) is 0 Å². The number of aliphatic hydroxyl groups is 1. The van der Waals surface area contributed by atoms with Crippen LogP contribution in [-0.2, 0) is 10.0 Å². The molecule has 0 rings (SSSR count). The minimum atomic E-state index is -3.17. The van der Waals surface area contributed by atoms with Crippen molar-refractivity contribution in [1.82, 2.24) is 4.31 Å². The molecular weight excluding hydrogens is 202 g/mol. The molecule has 1 unspecified atom stereocenters. The SMILES string of the molecule is CCC(C)CS(=O)(=O)N(CC)CCO. The molecular formula is C9H21NO3S. The number of hydrogen-bond donors (Lipinski definition) is 1. The predicted molar refractivity (Wildman–Crippen MR) is 57.6 cm³/mol. The van der Waals surface area contributed by atoms with E-state index in [1.165, 1.54) is 4.31 Å². The molecule has 1 atom stereocenters. The van der Waals surface area contributed by atoms with Crippen molar-refractivity contribution >= 4 is 10.0 Å². The molecule has 4 nitrogen and oxygen atoms in total. The molecule has 86 valence electrons. The number of rotatable bonds is 7. The lowest BCUT2D eigenvalue weighted by Gasteiger charge is -2.21. The zero-order chi connectivity index (χ0) is 11.2. The molecule has 0 aliphatic rings. The lowest BCUT2D eigenvalue weighted by molar-refractivity contribution is 0.256. The highest BCUT2D eigenvalue weighted by atomic mass is 32.2. The zero-order valence-corrected chi connectivity index (χ0v) is 10.0. The molecule has 0 radical (unpaired) electrons. The van der Waals surface area contributed by atoms with Crippen molar-refractivity contribution < 1.29 is 13.5 Å². The molecule has 0 spiro atoms. The first-order chi connectivity index (χ1) is 6.47. The summed E-state index contributed by atoms with van der Waals surface area (Å²) in [6, 6.07) is 0. The smallest absolute Gasteiger partial charge is 0.214 e. The standard InChI is InChI=1S/C9H21NO3S/c1-4-9(3)8-14(12,13)10(5-2)6-7-11/h9,11H,4-8H2,1-3H3. The molecule has 0 saturated heterocycles. The number of sulfonamides is 1. The molecule has 0 aromatic heterocycles. The van der Waals surface area contributed by atoms with Gasteiger partial charge in [0, 0.05) is 13.1 Å². The van der Waals surface area contributed by atoms with Crippen LogP contribution >= 0.6 is 0 Å². The molecule has 0 aromatic rings. The number of aliphatic hydroxyl groups excluding tert-OH is 1. The maximum atomic E-state index is 11.7. The Kier molecular flexibility index (Phi) is 6.31. The summed E-state index contributed by atoms with van der Waals surface area (Å²) in [4.78, 5) is 0. The Morgan fingerprint density at radius 1 is 1.36 bits per heavy atom. The van der Waals surface area contributed by atoms with Crippen LogP contribution in [0.5, 0.6) is 0 Å². The summed E-state index contributed by atoms with van der Waals surface area (Å²) in [5.74, 6) is 0.352. The van der Waals surface area contributed by atoms with Crippen LogP contribution in [-0.4, -0.2) is 43.3 Å². The highest BCUT2D eigenvalue weighted by molar-refractivity contribution is 7.89. The Hall–Kier alpha value is -0.130. The van der Waals surface area contributed by atoms with Crippen molar-refractivity contribution in [3.63, 3.8) is 0 Å². The van der Waals surface area contributed by atoms with Gasteiger partial charge in [0.2, 0.25) is 10.0 Å². The van der Waals surface area contributed by atoms with E-state index in [0.29, 0.717) is 6.54 Å². The summed E-state index contributed by atoms with van der Waals surface area (Å²) in [7, 11) is -3.17. The molecule has 0 amide bonds. The van der Waals surface area contributed by atoms with E-state index in [-0.39, 0.29) is 24.8 Å². The third-order valence-corrected chi connectivity index (χ3v) is 4.51. The van der Waals surface area contributed by atoms with Crippen LogP contribution in [0.4, 0.5) is 0 Å². The fourth-order valence-corrected chi connectivity index (χ4v) is 3.11. The summed E-state index contributed by atoms with van der Waals surface area (Å²) >= 11 is 0. The molecule has 0 aliphatic heterocycles. The molecule has 0 heterocycles. The number of likely N-dealkylation sites (N-methyl/N-ethyl adjacent to an activating group) is 1. The molecule has 0 fully saturated rings. The average molecular weight is 223 g/mol. The molecule has 0 aromatic carbocycles. The van der Waals surface area contributed by atoms with Crippen molar-refractivity contribution in [3.8, 4) is 0 Å². The Balaban J connectivity index is 4.41. The fourth-order valence-electron chi connectivity index (χ4n) is 1.19. The minimum absolute atomic E-state index is 0.117. The first-order valence-corrected chi connectivity index (χ1v) is 6.67. The average Bonchev–Trinajstić information content (AvgIpc) is 2.12. The largest absolute Gasteiger partial charge is 0.395 e. The topological polar surface area (TPSA) is 57.6 Å². The zero-order valence-electron chi connectivity index (χ0n) is 9.23. The van der Waals surface area contributed by atoms with Crippen LogP contribution in [0.3, 0.4) is 0 Å². The van der Waals surface area contributed by atoms with Crippen molar-refractivity contribution in [1.29, 1.82) is 0 Å². The van der Waals surface area contributed by atoms with Crippen molar-refractivity contribution in [2.45, 2.75) is 27.2 Å². The molecule has 5 heteroatoms. The van der Waals surface area contributed by atoms with Crippen molar-refractivity contribution in [3.05, 3.63) is 0 Å². The Morgan fingerprint density at radius 3 is 2.29 bits per heavy atom. The Morgan fingerprint density at radius 2 is 1.93 bits per heavy atom. The van der Waals surface area contributed by atoms with Gasteiger partial charge in [0.25, 0.3) is 0 Å². The second kappa shape index (κ2) is 6.37. The van der Waals surface area contributed by atoms with E-state index >= 15 is 0 Å². The third kappa shape index (κ3) is 4.39. The monoisotopic (exact) mass is 223 g/mol. The molecule has 14 heavy (non-hydrogen) atoms. The van der Waals surface area contributed by atoms with Gasteiger partial charge >= 0.3 is 0 Å². The van der Waals surface area contributed by atoms with Gasteiger partial charge < -0.3 is 5.11 Å². The second-order valence-corrected chi connectivity index (χ2v) is 5.52. The first kappa shape index (κ1) is 13.9. The number of hydrogen-bond acceptors (Lipinski definition) is 3. The van der Waals surface area contributed by atoms with E-state index in [1.807, 2.05) is 13.8 Å². The van der Waals surface area contributed by atoms with E-state index < -0.39 is 10.0 Å². The van der Waals surface area contributed by atoms with Crippen LogP contribution in [0.2, 0.25) is 0 Å². The van der Waals surface area contributed by atoms with Gasteiger partial charge in [-0.1, -0.05) is 27.2 Å². The van der Waals surface area contributed by atoms with E-state index in [4.69, 9.17) is 5.11 Å². The summed E-state index contributed by atoms with van der Waals surface area (Å²) in [6.07, 6.45) is 0.857. The van der Waals surface area contributed by atoms with Crippen LogP contribution < -0.4 is 0 Å². The molecule has 0 saturated carbocycles. The summed E-state index contributed by atoms with van der Waals surface area (Å²) < 4.78 is 24.8. The van der Waals surface area contributed by atoms with Crippen molar-refractivity contribution in [2.24, 2.45) is 5.92 Å². The van der Waals surface area contributed by atoms with Gasteiger partial charge in [-0.15, -0.1) is 0 Å². The van der Waals surface area contributed by atoms with Gasteiger partial charge in [-0.3, -0.25) is 0 Å². The van der Waals surface area contributed by atoms with E-state index in [1.54, 1.807) is 6.92 Å². The maximum absolute atomic E-state index is 11.7. The molecule has 0 bridgehead atoms. The molecule has 1 N–H and O–H groups in total. The minimum Gasteiger partial charge on any atom is -0.395 e. The quantitative estimate of drug-likeness (QED) is 0.690. The van der Waals surface area contributed by atoms with Gasteiger partial charge in [0.05, 0.1) is 12.4 Å². The maximum Gasteiger partial charge on any atom is 0.214 e. The van der Waals surface area contributed by atoms with Crippen LogP contribution in [0.1, 0.15) is 27.2 Å². The van der Waals surface area contributed by atoms with Gasteiger partial charge in [-0.25, -0.2) is 8.42 Å². The lowest BCUT2D eigenvalue weighted by Crippen LogP contribution is -2.36. The summed E-state index contributed by atoms with van der Waals surface area (Å²) in [6.45, 7) is 6.19.